The first-order chi connectivity index (χ1) is 8.26. The topological polar surface area (TPSA) is 35.2 Å². The third-order valence-corrected chi connectivity index (χ3v) is 5.00. The summed E-state index contributed by atoms with van der Waals surface area (Å²) in [6, 6.07) is 8.42. The van der Waals surface area contributed by atoms with E-state index in [4.69, 9.17) is 10.5 Å². The van der Waals surface area contributed by atoms with Crippen LogP contribution in [0.4, 0.5) is 0 Å². The number of hydrogen-bond acceptors (Lipinski definition) is 3. The summed E-state index contributed by atoms with van der Waals surface area (Å²) in [5, 5.41) is 0. The molecule has 1 heterocycles. The van der Waals surface area contributed by atoms with Gasteiger partial charge in [0.1, 0.15) is 11.9 Å². The van der Waals surface area contributed by atoms with Crippen LogP contribution in [0.2, 0.25) is 0 Å². The van der Waals surface area contributed by atoms with Crippen LogP contribution in [0.1, 0.15) is 31.2 Å². The molecule has 2 nitrogen and oxygen atoms in total. The molecule has 17 heavy (non-hydrogen) atoms. The minimum absolute atomic E-state index is 0.0538. The molecule has 92 valence electrons. The summed E-state index contributed by atoms with van der Waals surface area (Å²) in [5.41, 5.74) is 7.50. The number of nitrogens with two attached hydrogens (primary N) is 1. The van der Waals surface area contributed by atoms with Gasteiger partial charge in [-0.15, -0.1) is 0 Å². The van der Waals surface area contributed by atoms with Gasteiger partial charge in [0.25, 0.3) is 0 Å². The van der Waals surface area contributed by atoms with Gasteiger partial charge in [0, 0.05) is 11.3 Å². The highest BCUT2D eigenvalue weighted by Crippen LogP contribution is 2.39. The summed E-state index contributed by atoms with van der Waals surface area (Å²) in [7, 11) is 0. The number of hydrogen-bond donors (Lipinski definition) is 1. The third-order valence-electron chi connectivity index (χ3n) is 3.87. The van der Waals surface area contributed by atoms with Crippen LogP contribution >= 0.6 is 11.8 Å². The van der Waals surface area contributed by atoms with Crippen molar-refractivity contribution in [3.8, 4) is 5.75 Å². The Morgan fingerprint density at radius 2 is 2.00 bits per heavy atom. The van der Waals surface area contributed by atoms with E-state index < -0.39 is 0 Å². The lowest BCUT2D eigenvalue weighted by Crippen LogP contribution is -2.43. The van der Waals surface area contributed by atoms with E-state index in [2.05, 4.69) is 24.3 Å². The normalized spacial score (nSPS) is 26.5. The van der Waals surface area contributed by atoms with E-state index in [1.165, 1.54) is 24.2 Å². The van der Waals surface area contributed by atoms with Crippen molar-refractivity contribution in [3.05, 3.63) is 29.8 Å². The Hall–Kier alpha value is -0.670. The van der Waals surface area contributed by atoms with Gasteiger partial charge in [-0.3, -0.25) is 0 Å². The molecular weight excluding hydrogens is 230 g/mol. The van der Waals surface area contributed by atoms with Gasteiger partial charge in [0.05, 0.1) is 0 Å². The zero-order valence-corrected chi connectivity index (χ0v) is 10.8. The molecule has 1 unspecified atom stereocenters. The molecule has 2 fully saturated rings. The molecule has 1 aromatic rings. The molecule has 0 radical (unpaired) electrons. The van der Waals surface area contributed by atoms with E-state index in [0.29, 0.717) is 6.10 Å². The fraction of sp³-hybridized carbons (Fsp3) is 0.571. The van der Waals surface area contributed by atoms with E-state index in [-0.39, 0.29) is 5.54 Å². The third kappa shape index (κ3) is 2.31. The molecule has 1 aromatic carbocycles. The highest BCUT2D eigenvalue weighted by molar-refractivity contribution is 7.99. The standard InChI is InChI=1S/C14H19NOS/c15-14(7-1-8-14)11-2-4-12(5-3-11)16-13-6-9-17-10-13/h2-5,13H,1,6-10,15H2. The fourth-order valence-corrected chi connectivity index (χ4v) is 3.60. The van der Waals surface area contributed by atoms with Gasteiger partial charge in [-0.2, -0.15) is 11.8 Å². The van der Waals surface area contributed by atoms with Crippen LogP contribution in [-0.4, -0.2) is 17.6 Å². The van der Waals surface area contributed by atoms with Crippen LogP contribution in [-0.2, 0) is 5.54 Å². The summed E-state index contributed by atoms with van der Waals surface area (Å²) >= 11 is 1.98. The molecule has 1 saturated carbocycles. The Balaban J connectivity index is 1.67. The van der Waals surface area contributed by atoms with Crippen LogP contribution < -0.4 is 10.5 Å². The summed E-state index contributed by atoms with van der Waals surface area (Å²) in [4.78, 5) is 0. The van der Waals surface area contributed by atoms with Gasteiger partial charge in [-0.1, -0.05) is 12.1 Å². The van der Waals surface area contributed by atoms with E-state index >= 15 is 0 Å². The minimum atomic E-state index is -0.0538. The smallest absolute Gasteiger partial charge is 0.119 e. The molecule has 1 saturated heterocycles. The maximum atomic E-state index is 6.29. The van der Waals surface area contributed by atoms with Crippen LogP contribution in [0, 0.1) is 0 Å². The van der Waals surface area contributed by atoms with Crippen molar-refractivity contribution in [2.24, 2.45) is 5.73 Å². The molecule has 3 rings (SSSR count). The van der Waals surface area contributed by atoms with Crippen molar-refractivity contribution in [3.63, 3.8) is 0 Å². The van der Waals surface area contributed by atoms with Crippen LogP contribution in [0.25, 0.3) is 0 Å². The van der Waals surface area contributed by atoms with Gasteiger partial charge >= 0.3 is 0 Å². The SMILES string of the molecule is NC1(c2ccc(OC3CCSC3)cc2)CCC1. The summed E-state index contributed by atoms with van der Waals surface area (Å²) in [6.45, 7) is 0. The largest absolute Gasteiger partial charge is 0.490 e. The monoisotopic (exact) mass is 249 g/mol. The first-order valence-corrected chi connectivity index (χ1v) is 7.56. The lowest BCUT2D eigenvalue weighted by molar-refractivity contribution is 0.228. The van der Waals surface area contributed by atoms with E-state index in [9.17, 15) is 0 Å². The molecule has 2 aliphatic rings. The molecular formula is C14H19NOS. The number of benzene rings is 1. The van der Waals surface area contributed by atoms with Gasteiger partial charge in [0.15, 0.2) is 0 Å². The van der Waals surface area contributed by atoms with Crippen LogP contribution in [0.15, 0.2) is 24.3 Å². The first-order valence-electron chi connectivity index (χ1n) is 6.40. The van der Waals surface area contributed by atoms with E-state index in [0.717, 1.165) is 24.3 Å². The van der Waals surface area contributed by atoms with Crippen molar-refractivity contribution in [1.82, 2.24) is 0 Å². The van der Waals surface area contributed by atoms with Crippen LogP contribution in [0.5, 0.6) is 5.75 Å². The minimum Gasteiger partial charge on any atom is -0.490 e. The highest BCUT2D eigenvalue weighted by atomic mass is 32.2. The maximum absolute atomic E-state index is 6.29. The quantitative estimate of drug-likeness (QED) is 0.894. The summed E-state index contributed by atoms with van der Waals surface area (Å²) in [5.74, 6) is 3.35. The van der Waals surface area contributed by atoms with Crippen molar-refractivity contribution in [1.29, 1.82) is 0 Å². The average Bonchev–Trinajstić information content (AvgIpc) is 2.80. The predicted molar refractivity (Wildman–Crippen MR) is 72.5 cm³/mol. The molecule has 0 aromatic heterocycles. The predicted octanol–water partition coefficient (Wildman–Crippen LogP) is 2.91. The molecule has 1 atom stereocenters. The Bertz CT molecular complexity index is 380. The molecule has 2 N–H and O–H groups in total. The van der Waals surface area contributed by atoms with Crippen molar-refractivity contribution in [2.75, 3.05) is 11.5 Å². The first kappa shape index (κ1) is 11.4. The van der Waals surface area contributed by atoms with Gasteiger partial charge in [-0.25, -0.2) is 0 Å². The second-order valence-corrected chi connectivity index (χ2v) is 6.29. The second kappa shape index (κ2) is 4.54. The van der Waals surface area contributed by atoms with Crippen molar-refractivity contribution in [2.45, 2.75) is 37.3 Å². The molecule has 1 aliphatic heterocycles. The number of ether oxygens (including phenoxy) is 1. The molecule has 3 heteroatoms. The molecule has 1 aliphatic carbocycles. The fourth-order valence-electron chi connectivity index (χ4n) is 2.51. The van der Waals surface area contributed by atoms with Crippen LogP contribution in [0.3, 0.4) is 0 Å². The highest BCUT2D eigenvalue weighted by Gasteiger charge is 2.34. The molecule has 0 bridgehead atoms. The summed E-state index contributed by atoms with van der Waals surface area (Å²) in [6.07, 6.45) is 5.07. The second-order valence-electron chi connectivity index (χ2n) is 5.14. The van der Waals surface area contributed by atoms with Crippen molar-refractivity contribution >= 4 is 11.8 Å². The Labute approximate surface area is 107 Å². The zero-order valence-electron chi connectivity index (χ0n) is 10.0. The Morgan fingerprint density at radius 3 is 2.53 bits per heavy atom. The number of rotatable bonds is 3. The molecule has 0 amide bonds. The van der Waals surface area contributed by atoms with E-state index in [1.807, 2.05) is 11.8 Å². The maximum Gasteiger partial charge on any atom is 0.119 e. The van der Waals surface area contributed by atoms with Gasteiger partial charge < -0.3 is 10.5 Å². The number of thioether (sulfide) groups is 1. The zero-order chi connectivity index (χ0) is 11.7. The lowest BCUT2D eigenvalue weighted by atomic mass is 9.73. The van der Waals surface area contributed by atoms with Gasteiger partial charge in [0.2, 0.25) is 0 Å². The Morgan fingerprint density at radius 1 is 1.24 bits per heavy atom. The molecule has 0 spiro atoms. The van der Waals surface area contributed by atoms with Gasteiger partial charge in [-0.05, 0) is 49.1 Å². The Kier molecular flexibility index (Phi) is 3.05. The lowest BCUT2D eigenvalue weighted by Gasteiger charge is -2.38. The average molecular weight is 249 g/mol. The summed E-state index contributed by atoms with van der Waals surface area (Å²) < 4.78 is 5.93. The van der Waals surface area contributed by atoms with Crippen molar-refractivity contribution < 1.29 is 4.74 Å². The van der Waals surface area contributed by atoms with E-state index in [1.54, 1.807) is 0 Å².